The molecule has 12 heteroatoms. The zero-order valence-electron chi connectivity index (χ0n) is 18.4. The molecule has 1 aliphatic rings. The third-order valence-corrected chi connectivity index (χ3v) is 8.23. The fourth-order valence-corrected chi connectivity index (χ4v) is 5.86. The first-order chi connectivity index (χ1) is 16.4. The number of ether oxygens (including phenoxy) is 1. The molecule has 1 saturated carbocycles. The third-order valence-electron chi connectivity index (χ3n) is 5.12. The Labute approximate surface area is 216 Å². The van der Waals surface area contributed by atoms with Gasteiger partial charge in [0.2, 0.25) is 20.0 Å². The molecule has 0 heterocycles. The molecule has 1 fully saturated rings. The van der Waals surface area contributed by atoms with E-state index in [1.807, 2.05) is 22.6 Å². The lowest BCUT2D eigenvalue weighted by Gasteiger charge is -2.18. The van der Waals surface area contributed by atoms with Gasteiger partial charge in [0.25, 0.3) is 0 Å². The molecule has 2 N–H and O–H groups in total. The van der Waals surface area contributed by atoms with Crippen molar-refractivity contribution in [1.82, 2.24) is 0 Å². The van der Waals surface area contributed by atoms with Crippen molar-refractivity contribution in [3.05, 3.63) is 80.9 Å². The van der Waals surface area contributed by atoms with E-state index in [0.29, 0.717) is 16.4 Å². The Hall–Kier alpha value is -2.45. The van der Waals surface area contributed by atoms with Crippen molar-refractivity contribution in [3.8, 4) is 11.5 Å². The molecule has 0 aliphatic heterocycles. The summed E-state index contributed by atoms with van der Waals surface area (Å²) in [6.45, 7) is 0. The normalized spacial score (nSPS) is 13.9. The van der Waals surface area contributed by atoms with Gasteiger partial charge in [0.1, 0.15) is 17.4 Å². The van der Waals surface area contributed by atoms with Crippen LogP contribution >= 0.6 is 22.6 Å². The van der Waals surface area contributed by atoms with Crippen LogP contribution < -0.4 is 14.2 Å². The van der Waals surface area contributed by atoms with Gasteiger partial charge in [-0.3, -0.25) is 9.44 Å². The monoisotopic (exact) mass is 634 g/mol. The highest BCUT2D eigenvalue weighted by atomic mass is 127. The summed E-state index contributed by atoms with van der Waals surface area (Å²) in [6, 6.07) is 12.7. The molecule has 0 saturated heterocycles. The first-order valence-corrected chi connectivity index (χ1v) is 14.9. The average molecular weight is 634 g/mol. The summed E-state index contributed by atoms with van der Waals surface area (Å²) in [6.07, 6.45) is 1.92. The Morgan fingerprint density at radius 3 is 2.37 bits per heavy atom. The second-order valence-corrected chi connectivity index (χ2v) is 13.2. The van der Waals surface area contributed by atoms with E-state index in [2.05, 4.69) is 9.44 Å². The summed E-state index contributed by atoms with van der Waals surface area (Å²) in [7, 11) is -7.32. The van der Waals surface area contributed by atoms with Gasteiger partial charge >= 0.3 is 0 Å². The highest BCUT2D eigenvalue weighted by Crippen LogP contribution is 2.39. The zero-order valence-corrected chi connectivity index (χ0v) is 22.2. The molecule has 0 spiro atoms. The average Bonchev–Trinajstić information content (AvgIpc) is 3.57. The largest absolute Gasteiger partial charge is 0.455 e. The van der Waals surface area contributed by atoms with Gasteiger partial charge in [-0.2, -0.15) is 0 Å². The minimum absolute atomic E-state index is 0.00211. The molecule has 7 nitrogen and oxygen atoms in total. The fourth-order valence-electron chi connectivity index (χ4n) is 3.41. The van der Waals surface area contributed by atoms with Crippen LogP contribution in [0.5, 0.6) is 11.5 Å². The molecular weight excluding hydrogens is 613 g/mol. The fraction of sp³-hybridized carbons (Fsp3) is 0.217. The van der Waals surface area contributed by atoms with E-state index in [0.717, 1.165) is 18.4 Å². The summed E-state index contributed by atoms with van der Waals surface area (Å²) >= 11 is 1.97. The molecular formula is C23H21F2IN2O5S2. The maximum absolute atomic E-state index is 14.6. The van der Waals surface area contributed by atoms with Gasteiger partial charge < -0.3 is 4.74 Å². The van der Waals surface area contributed by atoms with Crippen LogP contribution in [0.25, 0.3) is 0 Å². The molecule has 0 bridgehead atoms. The summed E-state index contributed by atoms with van der Waals surface area (Å²) in [5.74, 6) is -1.20. The van der Waals surface area contributed by atoms with Crippen LogP contribution in [0.1, 0.15) is 24.0 Å². The second kappa shape index (κ2) is 9.90. The zero-order chi connectivity index (χ0) is 25.4. The molecule has 0 atom stereocenters. The lowest BCUT2D eigenvalue weighted by Crippen LogP contribution is -2.19. The molecule has 3 aromatic rings. The van der Waals surface area contributed by atoms with E-state index in [4.69, 9.17) is 4.74 Å². The second-order valence-electron chi connectivity index (χ2n) is 8.20. The van der Waals surface area contributed by atoms with Gasteiger partial charge in [0, 0.05) is 22.1 Å². The predicted octanol–water partition coefficient (Wildman–Crippen LogP) is 5.23. The standard InChI is InChI=1S/C23H21F2IN2O5S2/c1-34(29,30)27-18-3-2-4-19(13-18)33-22-11-16(24)10-15(9-14-5-6-17(26)12-21(14)25)23(22)28-35(31,32)20-7-8-20/h2-6,10-13,20,27-28H,7-9H2,1H3. The van der Waals surface area contributed by atoms with Crippen LogP contribution in [0.2, 0.25) is 0 Å². The van der Waals surface area contributed by atoms with Crippen molar-refractivity contribution in [2.45, 2.75) is 24.5 Å². The number of rotatable bonds is 9. The minimum Gasteiger partial charge on any atom is -0.455 e. The molecule has 0 radical (unpaired) electrons. The molecule has 186 valence electrons. The number of benzene rings is 3. The summed E-state index contributed by atoms with van der Waals surface area (Å²) in [5, 5.41) is -0.564. The van der Waals surface area contributed by atoms with Crippen molar-refractivity contribution in [2.75, 3.05) is 15.7 Å². The molecule has 4 rings (SSSR count). The van der Waals surface area contributed by atoms with E-state index in [-0.39, 0.29) is 40.4 Å². The van der Waals surface area contributed by atoms with Gasteiger partial charge in [-0.05, 0) is 76.9 Å². The molecule has 35 heavy (non-hydrogen) atoms. The predicted molar refractivity (Wildman–Crippen MR) is 139 cm³/mol. The number of sulfonamides is 2. The maximum Gasteiger partial charge on any atom is 0.235 e. The lowest BCUT2D eigenvalue weighted by atomic mass is 10.0. The van der Waals surface area contributed by atoms with E-state index < -0.39 is 36.9 Å². The van der Waals surface area contributed by atoms with E-state index in [9.17, 15) is 25.6 Å². The smallest absolute Gasteiger partial charge is 0.235 e. The highest BCUT2D eigenvalue weighted by Gasteiger charge is 2.37. The first kappa shape index (κ1) is 25.6. The molecule has 0 amide bonds. The molecule has 0 unspecified atom stereocenters. The Kier molecular flexibility index (Phi) is 7.25. The van der Waals surface area contributed by atoms with Crippen LogP contribution in [0.15, 0.2) is 54.6 Å². The van der Waals surface area contributed by atoms with Gasteiger partial charge in [0.15, 0.2) is 5.75 Å². The Bertz CT molecular complexity index is 1490. The third kappa shape index (κ3) is 6.82. The topological polar surface area (TPSA) is 102 Å². The van der Waals surface area contributed by atoms with E-state index in [1.54, 1.807) is 12.1 Å². The van der Waals surface area contributed by atoms with E-state index in [1.165, 1.54) is 30.3 Å². The summed E-state index contributed by atoms with van der Waals surface area (Å²) in [5.41, 5.74) is 0.656. The molecule has 1 aliphatic carbocycles. The first-order valence-electron chi connectivity index (χ1n) is 10.4. The molecule has 0 aromatic heterocycles. The number of anilines is 2. The SMILES string of the molecule is CS(=O)(=O)Nc1cccc(Oc2cc(F)cc(Cc3ccc(I)cc3F)c2NS(=O)(=O)C2CC2)c1. The van der Waals surface area contributed by atoms with Crippen LogP contribution in [0.4, 0.5) is 20.2 Å². The van der Waals surface area contributed by atoms with Crippen LogP contribution in [0.3, 0.4) is 0 Å². The van der Waals surface area contributed by atoms with Crippen LogP contribution in [-0.4, -0.2) is 28.3 Å². The van der Waals surface area contributed by atoms with Crippen LogP contribution in [-0.2, 0) is 26.5 Å². The van der Waals surface area contributed by atoms with Gasteiger partial charge in [-0.25, -0.2) is 25.6 Å². The number of hydrogen-bond donors (Lipinski definition) is 2. The Balaban J connectivity index is 1.76. The number of nitrogens with one attached hydrogen (secondary N) is 2. The van der Waals surface area contributed by atoms with Crippen molar-refractivity contribution >= 4 is 54.0 Å². The number of hydrogen-bond acceptors (Lipinski definition) is 5. The Morgan fingerprint density at radius 1 is 0.971 bits per heavy atom. The van der Waals surface area contributed by atoms with Gasteiger partial charge in [0.05, 0.1) is 22.9 Å². The van der Waals surface area contributed by atoms with Gasteiger partial charge in [-0.1, -0.05) is 12.1 Å². The van der Waals surface area contributed by atoms with Gasteiger partial charge in [-0.15, -0.1) is 0 Å². The van der Waals surface area contributed by atoms with Crippen LogP contribution in [0, 0.1) is 15.2 Å². The van der Waals surface area contributed by atoms with Crippen molar-refractivity contribution in [1.29, 1.82) is 0 Å². The maximum atomic E-state index is 14.6. The Morgan fingerprint density at radius 2 is 1.71 bits per heavy atom. The summed E-state index contributed by atoms with van der Waals surface area (Å²) < 4.78 is 89.2. The highest BCUT2D eigenvalue weighted by molar-refractivity contribution is 14.1. The number of halogens is 3. The van der Waals surface area contributed by atoms with Crippen molar-refractivity contribution in [3.63, 3.8) is 0 Å². The molecule has 3 aromatic carbocycles. The quantitative estimate of drug-likeness (QED) is 0.314. The van der Waals surface area contributed by atoms with Crippen molar-refractivity contribution < 1.29 is 30.4 Å². The lowest BCUT2D eigenvalue weighted by molar-refractivity contribution is 0.478. The minimum atomic E-state index is -3.77. The summed E-state index contributed by atoms with van der Waals surface area (Å²) in [4.78, 5) is 0. The van der Waals surface area contributed by atoms with E-state index >= 15 is 0 Å². The van der Waals surface area contributed by atoms with Crippen molar-refractivity contribution in [2.24, 2.45) is 0 Å².